The predicted molar refractivity (Wildman–Crippen MR) is 86.1 cm³/mol. The molecule has 0 bridgehead atoms. The SMILES string of the molecule is CCCCn1ncc(NC2CCCC(C)C2)c(Br)c1=O. The number of aryl methyl sites for hydroxylation is 1. The molecule has 0 spiro atoms. The Labute approximate surface area is 129 Å². The maximum Gasteiger partial charge on any atom is 0.283 e. The second kappa shape index (κ2) is 7.25. The van der Waals surface area contributed by atoms with Crippen molar-refractivity contribution in [3.63, 3.8) is 0 Å². The topological polar surface area (TPSA) is 46.9 Å². The van der Waals surface area contributed by atoms with E-state index in [1.807, 2.05) is 0 Å². The second-order valence-electron chi connectivity index (χ2n) is 5.87. The zero-order chi connectivity index (χ0) is 14.5. The first-order valence-electron chi connectivity index (χ1n) is 7.64. The Morgan fingerprint density at radius 3 is 3.00 bits per heavy atom. The summed E-state index contributed by atoms with van der Waals surface area (Å²) in [5.41, 5.74) is 0.800. The number of aromatic nitrogens is 2. The first-order chi connectivity index (χ1) is 9.61. The summed E-state index contributed by atoms with van der Waals surface area (Å²) < 4.78 is 2.16. The van der Waals surface area contributed by atoms with Crippen LogP contribution in [-0.2, 0) is 6.54 Å². The van der Waals surface area contributed by atoms with Crippen molar-refractivity contribution in [2.45, 2.75) is 65.0 Å². The van der Waals surface area contributed by atoms with Crippen LogP contribution < -0.4 is 10.9 Å². The Hall–Kier alpha value is -0.840. The van der Waals surface area contributed by atoms with Gasteiger partial charge < -0.3 is 5.32 Å². The summed E-state index contributed by atoms with van der Waals surface area (Å²) >= 11 is 3.43. The molecule has 112 valence electrons. The zero-order valence-electron chi connectivity index (χ0n) is 12.4. The molecule has 1 aromatic rings. The molecular formula is C15H24BrN3O. The summed E-state index contributed by atoms with van der Waals surface area (Å²) in [6, 6.07) is 0.461. The van der Waals surface area contributed by atoms with Crippen LogP contribution in [0.2, 0.25) is 0 Å². The van der Waals surface area contributed by atoms with Gasteiger partial charge in [-0.05, 0) is 41.1 Å². The van der Waals surface area contributed by atoms with Gasteiger partial charge in [-0.3, -0.25) is 4.79 Å². The third kappa shape index (κ3) is 3.84. The van der Waals surface area contributed by atoms with Gasteiger partial charge in [-0.1, -0.05) is 33.1 Å². The molecule has 5 heteroatoms. The lowest BCUT2D eigenvalue weighted by molar-refractivity contribution is 0.358. The molecule has 1 aromatic heterocycles. The fourth-order valence-electron chi connectivity index (χ4n) is 2.82. The highest BCUT2D eigenvalue weighted by Gasteiger charge is 2.20. The van der Waals surface area contributed by atoms with Crippen LogP contribution in [-0.4, -0.2) is 15.8 Å². The summed E-state index contributed by atoms with van der Waals surface area (Å²) in [7, 11) is 0. The molecule has 2 rings (SSSR count). The molecule has 0 radical (unpaired) electrons. The summed E-state index contributed by atoms with van der Waals surface area (Å²) in [6.45, 7) is 5.10. The lowest BCUT2D eigenvalue weighted by atomic mass is 9.87. The molecule has 2 atom stereocenters. The average molecular weight is 342 g/mol. The molecular weight excluding hydrogens is 318 g/mol. The van der Waals surface area contributed by atoms with Gasteiger partial charge in [0.25, 0.3) is 5.56 Å². The van der Waals surface area contributed by atoms with E-state index in [0.717, 1.165) is 24.4 Å². The van der Waals surface area contributed by atoms with Crippen LogP contribution in [0.3, 0.4) is 0 Å². The number of nitrogens with zero attached hydrogens (tertiary/aromatic N) is 2. The fourth-order valence-corrected chi connectivity index (χ4v) is 3.24. The molecule has 0 amide bonds. The van der Waals surface area contributed by atoms with Crippen LogP contribution in [0.25, 0.3) is 0 Å². The largest absolute Gasteiger partial charge is 0.380 e. The van der Waals surface area contributed by atoms with Crippen molar-refractivity contribution in [2.75, 3.05) is 5.32 Å². The Morgan fingerprint density at radius 2 is 2.30 bits per heavy atom. The number of hydrogen-bond acceptors (Lipinski definition) is 3. The van der Waals surface area contributed by atoms with Gasteiger partial charge in [-0.25, -0.2) is 4.68 Å². The minimum absolute atomic E-state index is 0.0349. The molecule has 0 saturated heterocycles. The number of hydrogen-bond donors (Lipinski definition) is 1. The van der Waals surface area contributed by atoms with Gasteiger partial charge in [0.15, 0.2) is 0 Å². The van der Waals surface area contributed by atoms with Crippen molar-refractivity contribution in [1.82, 2.24) is 9.78 Å². The molecule has 1 N–H and O–H groups in total. The van der Waals surface area contributed by atoms with Gasteiger partial charge in [-0.15, -0.1) is 0 Å². The maximum atomic E-state index is 12.2. The van der Waals surface area contributed by atoms with Crippen LogP contribution in [0.4, 0.5) is 5.69 Å². The molecule has 1 fully saturated rings. The molecule has 0 aromatic carbocycles. The lowest BCUT2D eigenvalue weighted by Crippen LogP contribution is -2.29. The first kappa shape index (κ1) is 15.5. The van der Waals surface area contributed by atoms with Gasteiger partial charge in [-0.2, -0.15) is 5.10 Å². The Morgan fingerprint density at radius 1 is 1.50 bits per heavy atom. The molecule has 1 saturated carbocycles. The minimum Gasteiger partial charge on any atom is -0.380 e. The number of rotatable bonds is 5. The predicted octanol–water partition coefficient (Wildman–Crippen LogP) is 3.80. The summed E-state index contributed by atoms with van der Waals surface area (Å²) in [4.78, 5) is 12.2. The molecule has 4 nitrogen and oxygen atoms in total. The van der Waals surface area contributed by atoms with Gasteiger partial charge in [0, 0.05) is 12.6 Å². The summed E-state index contributed by atoms with van der Waals surface area (Å²) in [6.07, 6.45) is 8.74. The quantitative estimate of drug-likeness (QED) is 0.885. The molecule has 1 aliphatic carbocycles. The number of nitrogens with one attached hydrogen (secondary N) is 1. The van der Waals surface area contributed by atoms with Gasteiger partial charge in [0.1, 0.15) is 4.47 Å². The van der Waals surface area contributed by atoms with Crippen molar-refractivity contribution >= 4 is 21.6 Å². The highest BCUT2D eigenvalue weighted by Crippen LogP contribution is 2.27. The number of unbranched alkanes of at least 4 members (excludes halogenated alkanes) is 1. The highest BCUT2D eigenvalue weighted by atomic mass is 79.9. The van der Waals surface area contributed by atoms with Crippen molar-refractivity contribution in [3.8, 4) is 0 Å². The van der Waals surface area contributed by atoms with Crippen LogP contribution in [0.15, 0.2) is 15.5 Å². The van der Waals surface area contributed by atoms with Gasteiger partial charge >= 0.3 is 0 Å². The first-order valence-corrected chi connectivity index (χ1v) is 8.43. The Balaban J connectivity index is 2.09. The van der Waals surface area contributed by atoms with E-state index in [-0.39, 0.29) is 5.56 Å². The van der Waals surface area contributed by atoms with Crippen molar-refractivity contribution in [2.24, 2.45) is 5.92 Å². The van der Waals surface area contributed by atoms with Crippen molar-refractivity contribution in [3.05, 3.63) is 21.0 Å². The van der Waals surface area contributed by atoms with Gasteiger partial charge in [0.2, 0.25) is 0 Å². The van der Waals surface area contributed by atoms with Crippen LogP contribution in [0.5, 0.6) is 0 Å². The number of halogens is 1. The van der Waals surface area contributed by atoms with E-state index in [9.17, 15) is 4.79 Å². The van der Waals surface area contributed by atoms with E-state index >= 15 is 0 Å². The standard InChI is InChI=1S/C15H24BrN3O/c1-3-4-8-19-15(20)14(16)13(10-17-19)18-12-7-5-6-11(2)9-12/h10-12,18H,3-9H2,1-2H3. The van der Waals surface area contributed by atoms with Crippen LogP contribution >= 0.6 is 15.9 Å². The monoisotopic (exact) mass is 341 g/mol. The van der Waals surface area contributed by atoms with E-state index in [1.165, 1.54) is 25.7 Å². The summed E-state index contributed by atoms with van der Waals surface area (Å²) in [5.74, 6) is 0.762. The molecule has 1 aliphatic rings. The van der Waals surface area contributed by atoms with E-state index in [2.05, 4.69) is 40.2 Å². The van der Waals surface area contributed by atoms with E-state index in [0.29, 0.717) is 17.1 Å². The van der Waals surface area contributed by atoms with Crippen LogP contribution in [0.1, 0.15) is 52.4 Å². The second-order valence-corrected chi connectivity index (χ2v) is 6.66. The maximum absolute atomic E-state index is 12.2. The lowest BCUT2D eigenvalue weighted by Gasteiger charge is -2.28. The third-order valence-electron chi connectivity index (χ3n) is 4.00. The van der Waals surface area contributed by atoms with Crippen molar-refractivity contribution in [1.29, 1.82) is 0 Å². The smallest absolute Gasteiger partial charge is 0.283 e. The van der Waals surface area contributed by atoms with E-state index in [4.69, 9.17) is 0 Å². The number of anilines is 1. The molecule has 1 heterocycles. The molecule has 2 unspecified atom stereocenters. The van der Waals surface area contributed by atoms with E-state index in [1.54, 1.807) is 10.9 Å². The molecule has 0 aliphatic heterocycles. The Kier molecular flexibility index (Phi) is 5.64. The normalized spacial score (nSPS) is 22.8. The average Bonchev–Trinajstić information content (AvgIpc) is 2.43. The van der Waals surface area contributed by atoms with E-state index < -0.39 is 0 Å². The van der Waals surface area contributed by atoms with Crippen LogP contribution in [0, 0.1) is 5.92 Å². The molecule has 20 heavy (non-hydrogen) atoms. The zero-order valence-corrected chi connectivity index (χ0v) is 13.9. The van der Waals surface area contributed by atoms with Gasteiger partial charge in [0.05, 0.1) is 11.9 Å². The third-order valence-corrected chi connectivity index (χ3v) is 4.77. The van der Waals surface area contributed by atoms with Crippen molar-refractivity contribution < 1.29 is 0 Å². The highest BCUT2D eigenvalue weighted by molar-refractivity contribution is 9.10. The summed E-state index contributed by atoms with van der Waals surface area (Å²) in [5, 5.41) is 7.75. The fraction of sp³-hybridized carbons (Fsp3) is 0.733. The minimum atomic E-state index is -0.0349. The Bertz CT molecular complexity index is 500.